The number of guanidine groups is 1. The Bertz CT molecular complexity index is 815. The average Bonchev–Trinajstić information content (AvgIpc) is 2.69. The summed E-state index contributed by atoms with van der Waals surface area (Å²) in [5.74, 6) is 0.654. The van der Waals surface area contributed by atoms with E-state index < -0.39 is 9.84 Å². The molecule has 2 rings (SSSR count). The third-order valence-corrected chi connectivity index (χ3v) is 5.90. The number of aliphatic imine (C=N–C) groups is 1. The highest BCUT2D eigenvalue weighted by molar-refractivity contribution is 14.0. The van der Waals surface area contributed by atoms with E-state index in [9.17, 15) is 8.42 Å². The molecule has 0 aliphatic rings. The van der Waals surface area contributed by atoms with Crippen LogP contribution < -0.4 is 10.6 Å². The van der Waals surface area contributed by atoms with Gasteiger partial charge in [-0.3, -0.25) is 9.98 Å². The molecule has 1 aromatic carbocycles. The van der Waals surface area contributed by atoms with Gasteiger partial charge >= 0.3 is 0 Å². The van der Waals surface area contributed by atoms with Crippen LogP contribution in [0.15, 0.2) is 64.6 Å². The van der Waals surface area contributed by atoms with Gasteiger partial charge in [0.05, 0.1) is 10.6 Å². The number of hydrogen-bond acceptors (Lipinski definition) is 4. The Hall–Kier alpha value is -1.68. The van der Waals surface area contributed by atoms with Crippen molar-refractivity contribution in [1.82, 2.24) is 15.6 Å². The van der Waals surface area contributed by atoms with Crippen LogP contribution in [0.2, 0.25) is 0 Å². The molecule has 6 nitrogen and oxygen atoms in total. The second-order valence-corrected chi connectivity index (χ2v) is 8.21. The molecular weight excluding hydrogens is 487 g/mol. The largest absolute Gasteiger partial charge is 0.357 e. The van der Waals surface area contributed by atoms with E-state index in [2.05, 4.69) is 20.6 Å². The van der Waals surface area contributed by atoms with E-state index in [1.807, 2.05) is 38.1 Å². The minimum Gasteiger partial charge on any atom is -0.357 e. The minimum absolute atomic E-state index is 0. The highest BCUT2D eigenvalue weighted by atomic mass is 127. The van der Waals surface area contributed by atoms with Crippen LogP contribution in [0.25, 0.3) is 0 Å². The van der Waals surface area contributed by atoms with Gasteiger partial charge in [0.1, 0.15) is 0 Å². The summed E-state index contributed by atoms with van der Waals surface area (Å²) in [5, 5.41) is 6.44. The van der Waals surface area contributed by atoms with E-state index >= 15 is 0 Å². The van der Waals surface area contributed by atoms with Crippen LogP contribution in [-0.2, 0) is 16.3 Å². The zero-order valence-corrected chi connectivity index (χ0v) is 19.5. The van der Waals surface area contributed by atoms with Crippen LogP contribution in [0.4, 0.5) is 0 Å². The molecule has 0 aliphatic heterocycles. The van der Waals surface area contributed by atoms with E-state index in [0.717, 1.165) is 12.1 Å². The maximum Gasteiger partial charge on any atom is 0.191 e. The zero-order chi connectivity index (χ0) is 19.5. The number of pyridine rings is 1. The van der Waals surface area contributed by atoms with Gasteiger partial charge in [0.25, 0.3) is 0 Å². The number of rotatable bonds is 9. The molecule has 1 aromatic heterocycles. The summed E-state index contributed by atoms with van der Waals surface area (Å²) in [7, 11) is -3.35. The van der Waals surface area contributed by atoms with Gasteiger partial charge in [-0.2, -0.15) is 0 Å². The van der Waals surface area contributed by atoms with Crippen LogP contribution in [0.3, 0.4) is 0 Å². The lowest BCUT2D eigenvalue weighted by Crippen LogP contribution is -2.46. The Morgan fingerprint density at radius 2 is 1.82 bits per heavy atom. The summed E-state index contributed by atoms with van der Waals surface area (Å²) in [6.07, 6.45) is 3.18. The van der Waals surface area contributed by atoms with Gasteiger partial charge in [-0.05, 0) is 37.6 Å². The molecule has 154 valence electrons. The quantitative estimate of drug-likeness (QED) is 0.304. The molecule has 2 aromatic rings. The minimum atomic E-state index is -3.35. The topological polar surface area (TPSA) is 83.4 Å². The van der Waals surface area contributed by atoms with Crippen LogP contribution in [0.5, 0.6) is 0 Å². The molecule has 0 bridgehead atoms. The molecule has 1 atom stereocenters. The molecule has 1 heterocycles. The molecule has 2 N–H and O–H groups in total. The number of aromatic nitrogens is 1. The third kappa shape index (κ3) is 8.14. The molecule has 0 fully saturated rings. The fraction of sp³-hybridized carbons (Fsp3) is 0.400. The Morgan fingerprint density at radius 1 is 1.11 bits per heavy atom. The van der Waals surface area contributed by atoms with Crippen molar-refractivity contribution in [3.05, 3.63) is 60.4 Å². The van der Waals surface area contributed by atoms with Crippen molar-refractivity contribution in [3.63, 3.8) is 0 Å². The summed E-state index contributed by atoms with van der Waals surface area (Å²) in [5.41, 5.74) is 0.982. The molecule has 0 aliphatic carbocycles. The van der Waals surface area contributed by atoms with E-state index in [0.29, 0.717) is 30.4 Å². The number of nitrogens with zero attached hydrogens (tertiary/aromatic N) is 2. The van der Waals surface area contributed by atoms with E-state index in [-0.39, 0.29) is 35.8 Å². The Labute approximate surface area is 185 Å². The summed E-state index contributed by atoms with van der Waals surface area (Å²) in [6.45, 7) is 5.23. The van der Waals surface area contributed by atoms with Gasteiger partial charge in [-0.25, -0.2) is 8.42 Å². The lowest BCUT2D eigenvalue weighted by Gasteiger charge is -2.20. The van der Waals surface area contributed by atoms with Crippen LogP contribution in [0.1, 0.15) is 26.0 Å². The normalized spacial score (nSPS) is 12.7. The second-order valence-electron chi connectivity index (χ2n) is 6.18. The lowest BCUT2D eigenvalue weighted by molar-refractivity contribution is 0.569. The summed E-state index contributed by atoms with van der Waals surface area (Å²) < 4.78 is 25.3. The molecular formula is C20H29IN4O2S. The van der Waals surface area contributed by atoms with Crippen molar-refractivity contribution in [3.8, 4) is 0 Å². The smallest absolute Gasteiger partial charge is 0.191 e. The van der Waals surface area contributed by atoms with Gasteiger partial charge in [-0.15, -0.1) is 24.0 Å². The van der Waals surface area contributed by atoms with Gasteiger partial charge in [0.15, 0.2) is 15.8 Å². The number of sulfone groups is 1. The first kappa shape index (κ1) is 24.4. The Morgan fingerprint density at radius 3 is 2.43 bits per heavy atom. The fourth-order valence-electron chi connectivity index (χ4n) is 2.59. The zero-order valence-electron chi connectivity index (χ0n) is 16.3. The predicted octanol–water partition coefficient (Wildman–Crippen LogP) is 3.05. The van der Waals surface area contributed by atoms with E-state index in [1.54, 1.807) is 30.5 Å². The van der Waals surface area contributed by atoms with Crippen molar-refractivity contribution in [2.45, 2.75) is 37.6 Å². The number of hydrogen-bond donors (Lipinski definition) is 2. The first-order chi connectivity index (χ1) is 13.0. The molecule has 0 saturated heterocycles. The van der Waals surface area contributed by atoms with Crippen molar-refractivity contribution in [2.24, 2.45) is 4.99 Å². The van der Waals surface area contributed by atoms with Gasteiger partial charge in [0.2, 0.25) is 0 Å². The van der Waals surface area contributed by atoms with Crippen molar-refractivity contribution >= 4 is 39.8 Å². The van der Waals surface area contributed by atoms with Crippen molar-refractivity contribution in [2.75, 3.05) is 18.8 Å². The fourth-order valence-corrected chi connectivity index (χ4v) is 4.21. The highest BCUT2D eigenvalue weighted by Crippen LogP contribution is 2.12. The predicted molar refractivity (Wildman–Crippen MR) is 125 cm³/mol. The number of nitrogens with one attached hydrogen (secondary N) is 2. The molecule has 8 heteroatoms. The highest BCUT2D eigenvalue weighted by Gasteiger charge is 2.20. The standard InChI is InChI=1S/C20H28N4O2S.HI/c1-3-17(16-27(25,26)19-11-6-5-7-12-19)24-20(21-4-2)23-15-13-18-10-8-9-14-22-18;/h5-12,14,17H,3-4,13,15-16H2,1-2H3,(H2,21,23,24);1H. The van der Waals surface area contributed by atoms with Crippen LogP contribution in [0, 0.1) is 0 Å². The Balaban J connectivity index is 0.00000392. The van der Waals surface area contributed by atoms with E-state index in [1.165, 1.54) is 0 Å². The van der Waals surface area contributed by atoms with Crippen molar-refractivity contribution in [1.29, 1.82) is 0 Å². The molecule has 1 unspecified atom stereocenters. The van der Waals surface area contributed by atoms with Crippen molar-refractivity contribution < 1.29 is 8.42 Å². The third-order valence-electron chi connectivity index (χ3n) is 4.06. The summed E-state index contributed by atoms with van der Waals surface area (Å²) >= 11 is 0. The second kappa shape index (κ2) is 12.7. The van der Waals surface area contributed by atoms with Crippen LogP contribution >= 0.6 is 24.0 Å². The first-order valence-corrected chi connectivity index (χ1v) is 10.9. The number of halogens is 1. The molecule has 0 spiro atoms. The lowest BCUT2D eigenvalue weighted by atomic mass is 10.2. The number of benzene rings is 1. The molecule has 0 amide bonds. The van der Waals surface area contributed by atoms with E-state index in [4.69, 9.17) is 0 Å². The summed E-state index contributed by atoms with van der Waals surface area (Å²) in [6, 6.07) is 14.2. The maximum atomic E-state index is 12.6. The SMILES string of the molecule is CCNC(=NCCc1ccccn1)NC(CC)CS(=O)(=O)c1ccccc1.I. The van der Waals surface area contributed by atoms with Crippen LogP contribution in [-0.4, -0.2) is 44.2 Å². The Kier molecular flexibility index (Phi) is 11.1. The maximum absolute atomic E-state index is 12.6. The monoisotopic (exact) mass is 516 g/mol. The molecule has 28 heavy (non-hydrogen) atoms. The summed E-state index contributed by atoms with van der Waals surface area (Å²) in [4.78, 5) is 9.20. The first-order valence-electron chi connectivity index (χ1n) is 9.27. The molecule has 0 radical (unpaired) electrons. The molecule has 0 saturated carbocycles. The van der Waals surface area contributed by atoms with Gasteiger partial charge in [-0.1, -0.05) is 31.2 Å². The average molecular weight is 516 g/mol. The van der Waals surface area contributed by atoms with Gasteiger partial charge < -0.3 is 10.6 Å². The van der Waals surface area contributed by atoms with Gasteiger partial charge in [0, 0.05) is 37.4 Å².